The Morgan fingerprint density at radius 1 is 1.06 bits per heavy atom. The van der Waals surface area contributed by atoms with Crippen molar-refractivity contribution in [2.45, 2.75) is 52.1 Å². The van der Waals surface area contributed by atoms with E-state index >= 15 is 0 Å². The summed E-state index contributed by atoms with van der Waals surface area (Å²) in [6.07, 6.45) is 0.900. The van der Waals surface area contributed by atoms with Gasteiger partial charge in [-0.3, -0.25) is 4.90 Å². The summed E-state index contributed by atoms with van der Waals surface area (Å²) in [4.78, 5) is 2.44. The quantitative estimate of drug-likeness (QED) is 0.761. The Morgan fingerprint density at radius 2 is 1.61 bits per heavy atom. The first-order valence-electron chi connectivity index (χ1n) is 6.76. The van der Waals surface area contributed by atoms with Crippen molar-refractivity contribution in [1.82, 2.24) is 4.90 Å². The van der Waals surface area contributed by atoms with Gasteiger partial charge in [-0.05, 0) is 39.7 Å². The maximum atomic E-state index is 9.30. The minimum absolute atomic E-state index is 0.00574. The minimum Gasteiger partial charge on any atom is -0.298 e. The lowest BCUT2D eigenvalue weighted by molar-refractivity contribution is 0.171. The summed E-state index contributed by atoms with van der Waals surface area (Å²) in [5.41, 5.74) is 1.13. The van der Waals surface area contributed by atoms with Crippen molar-refractivity contribution in [2.75, 3.05) is 6.54 Å². The zero-order valence-electron chi connectivity index (χ0n) is 11.9. The molecule has 0 saturated carbocycles. The Kier molecular flexibility index (Phi) is 5.88. The molecule has 2 heteroatoms. The molecule has 0 heterocycles. The maximum absolute atomic E-state index is 9.30. The van der Waals surface area contributed by atoms with Gasteiger partial charge in [0.25, 0.3) is 0 Å². The van der Waals surface area contributed by atoms with Crippen LogP contribution in [0.4, 0.5) is 0 Å². The van der Waals surface area contributed by atoms with Crippen molar-refractivity contribution in [3.63, 3.8) is 0 Å². The van der Waals surface area contributed by atoms with Crippen molar-refractivity contribution in [3.8, 4) is 6.07 Å². The lowest BCUT2D eigenvalue weighted by Crippen LogP contribution is -2.38. The minimum atomic E-state index is 0.00574. The highest BCUT2D eigenvalue weighted by atomic mass is 15.2. The molecule has 0 aromatic heterocycles. The van der Waals surface area contributed by atoms with Crippen LogP contribution in [0.5, 0.6) is 0 Å². The van der Waals surface area contributed by atoms with E-state index in [1.54, 1.807) is 0 Å². The summed E-state index contributed by atoms with van der Waals surface area (Å²) in [5.74, 6) is 0.00574. The van der Waals surface area contributed by atoms with Crippen molar-refractivity contribution >= 4 is 0 Å². The van der Waals surface area contributed by atoms with Gasteiger partial charge >= 0.3 is 0 Å². The van der Waals surface area contributed by atoms with Crippen molar-refractivity contribution in [2.24, 2.45) is 0 Å². The van der Waals surface area contributed by atoms with E-state index in [-0.39, 0.29) is 5.92 Å². The SMILES string of the molecule is CC(C)N(CC[C@@H](C#N)c1ccccc1)C(C)C. The standard InChI is InChI=1S/C16H24N2/c1-13(2)18(14(3)4)11-10-16(12-17)15-8-6-5-7-9-15/h5-9,13-14,16H,10-11H2,1-4H3/t16-/m0/s1. The van der Waals surface area contributed by atoms with Crippen LogP contribution < -0.4 is 0 Å². The fraction of sp³-hybridized carbons (Fsp3) is 0.562. The van der Waals surface area contributed by atoms with Crippen LogP contribution in [0.3, 0.4) is 0 Å². The Hall–Kier alpha value is -1.33. The van der Waals surface area contributed by atoms with Gasteiger partial charge in [-0.15, -0.1) is 0 Å². The van der Waals surface area contributed by atoms with Crippen LogP contribution in [0.2, 0.25) is 0 Å². The first-order chi connectivity index (χ1) is 8.56. The third-order valence-corrected chi connectivity index (χ3v) is 3.36. The molecule has 0 N–H and O–H groups in total. The molecule has 98 valence electrons. The Labute approximate surface area is 111 Å². The Bertz CT molecular complexity index is 368. The maximum Gasteiger partial charge on any atom is 0.0724 e. The van der Waals surface area contributed by atoms with Gasteiger partial charge in [-0.1, -0.05) is 30.3 Å². The van der Waals surface area contributed by atoms with Gasteiger partial charge in [0.1, 0.15) is 0 Å². The molecule has 0 saturated heterocycles. The molecular weight excluding hydrogens is 220 g/mol. The molecule has 0 bridgehead atoms. The van der Waals surface area contributed by atoms with Gasteiger partial charge in [0.15, 0.2) is 0 Å². The van der Waals surface area contributed by atoms with Crippen LogP contribution in [0.15, 0.2) is 30.3 Å². The molecule has 1 atom stereocenters. The van der Waals surface area contributed by atoms with Gasteiger partial charge < -0.3 is 0 Å². The number of rotatable bonds is 6. The van der Waals surface area contributed by atoms with Crippen LogP contribution in [0, 0.1) is 11.3 Å². The van der Waals surface area contributed by atoms with E-state index < -0.39 is 0 Å². The molecule has 0 spiro atoms. The molecule has 0 unspecified atom stereocenters. The molecule has 0 aliphatic carbocycles. The largest absolute Gasteiger partial charge is 0.298 e. The normalized spacial score (nSPS) is 13.0. The first kappa shape index (κ1) is 14.7. The third kappa shape index (κ3) is 4.16. The van der Waals surface area contributed by atoms with Gasteiger partial charge in [-0.25, -0.2) is 0 Å². The summed E-state index contributed by atoms with van der Waals surface area (Å²) in [5, 5.41) is 9.30. The summed E-state index contributed by atoms with van der Waals surface area (Å²) in [6.45, 7) is 9.82. The summed E-state index contributed by atoms with van der Waals surface area (Å²) in [6, 6.07) is 13.6. The van der Waals surface area contributed by atoms with E-state index in [1.165, 1.54) is 0 Å². The zero-order chi connectivity index (χ0) is 13.5. The lowest BCUT2D eigenvalue weighted by Gasteiger charge is -2.31. The number of nitrogens with zero attached hydrogens (tertiary/aromatic N) is 2. The summed E-state index contributed by atoms with van der Waals surface area (Å²) in [7, 11) is 0. The van der Waals surface area contributed by atoms with E-state index in [0.717, 1.165) is 18.5 Å². The van der Waals surface area contributed by atoms with Crippen molar-refractivity contribution in [1.29, 1.82) is 5.26 Å². The summed E-state index contributed by atoms with van der Waals surface area (Å²) >= 11 is 0. The van der Waals surface area contributed by atoms with E-state index in [1.807, 2.05) is 30.3 Å². The van der Waals surface area contributed by atoms with Crippen LogP contribution >= 0.6 is 0 Å². The average Bonchev–Trinajstić information content (AvgIpc) is 2.34. The highest BCUT2D eigenvalue weighted by Gasteiger charge is 2.16. The van der Waals surface area contributed by atoms with Crippen LogP contribution in [0.25, 0.3) is 0 Å². The van der Waals surface area contributed by atoms with Crippen molar-refractivity contribution < 1.29 is 0 Å². The molecule has 18 heavy (non-hydrogen) atoms. The molecule has 0 fully saturated rings. The Balaban J connectivity index is 2.63. The number of nitriles is 1. The molecule has 1 aromatic carbocycles. The molecule has 1 aromatic rings. The molecule has 0 aliphatic heterocycles. The second-order valence-electron chi connectivity index (χ2n) is 5.31. The molecule has 0 aliphatic rings. The third-order valence-electron chi connectivity index (χ3n) is 3.36. The monoisotopic (exact) mass is 244 g/mol. The smallest absolute Gasteiger partial charge is 0.0724 e. The second-order valence-corrected chi connectivity index (χ2v) is 5.31. The molecule has 2 nitrogen and oxygen atoms in total. The number of hydrogen-bond acceptors (Lipinski definition) is 2. The predicted molar refractivity (Wildman–Crippen MR) is 76.4 cm³/mol. The predicted octanol–water partition coefficient (Wildman–Crippen LogP) is 3.80. The lowest BCUT2D eigenvalue weighted by atomic mass is 9.96. The van der Waals surface area contributed by atoms with Crippen LogP contribution in [-0.2, 0) is 0 Å². The summed E-state index contributed by atoms with van der Waals surface area (Å²) < 4.78 is 0. The number of hydrogen-bond donors (Lipinski definition) is 0. The molecule has 0 amide bonds. The van der Waals surface area contributed by atoms with Gasteiger partial charge in [0, 0.05) is 18.6 Å². The van der Waals surface area contributed by atoms with Crippen LogP contribution in [-0.4, -0.2) is 23.5 Å². The van der Waals surface area contributed by atoms with E-state index in [4.69, 9.17) is 0 Å². The molecular formula is C16H24N2. The zero-order valence-corrected chi connectivity index (χ0v) is 11.9. The van der Waals surface area contributed by atoms with Crippen LogP contribution in [0.1, 0.15) is 45.6 Å². The number of benzene rings is 1. The topological polar surface area (TPSA) is 27.0 Å². The highest BCUT2D eigenvalue weighted by molar-refractivity contribution is 5.24. The van der Waals surface area contributed by atoms with Crippen molar-refractivity contribution in [3.05, 3.63) is 35.9 Å². The fourth-order valence-corrected chi connectivity index (χ4v) is 2.38. The highest BCUT2D eigenvalue weighted by Crippen LogP contribution is 2.20. The van der Waals surface area contributed by atoms with Gasteiger partial charge in [0.05, 0.1) is 12.0 Å². The average molecular weight is 244 g/mol. The molecule has 0 radical (unpaired) electrons. The fourth-order valence-electron chi connectivity index (χ4n) is 2.38. The van der Waals surface area contributed by atoms with E-state index in [9.17, 15) is 5.26 Å². The molecule has 1 rings (SSSR count). The first-order valence-corrected chi connectivity index (χ1v) is 6.76. The Morgan fingerprint density at radius 3 is 2.06 bits per heavy atom. The van der Waals surface area contributed by atoms with Gasteiger partial charge in [-0.2, -0.15) is 5.26 Å². The van der Waals surface area contributed by atoms with E-state index in [2.05, 4.69) is 38.7 Å². The second kappa shape index (κ2) is 7.18. The van der Waals surface area contributed by atoms with Gasteiger partial charge in [0.2, 0.25) is 0 Å². The van der Waals surface area contributed by atoms with E-state index in [0.29, 0.717) is 12.1 Å².